The van der Waals surface area contributed by atoms with Gasteiger partial charge in [-0.25, -0.2) is 4.98 Å². The number of carbonyl (C=O) groups is 1. The number of nitrogens with one attached hydrogen (secondary N) is 1. The highest BCUT2D eigenvalue weighted by Gasteiger charge is 2.06. The fourth-order valence-electron chi connectivity index (χ4n) is 1.72. The lowest BCUT2D eigenvalue weighted by molar-refractivity contribution is 0.0948. The molecule has 0 unspecified atom stereocenters. The van der Waals surface area contributed by atoms with Gasteiger partial charge in [-0.05, 0) is 18.4 Å². The number of nitrogen functional groups attached to an aromatic ring is 1. The molecule has 0 bridgehead atoms. The van der Waals surface area contributed by atoms with Gasteiger partial charge in [-0.15, -0.1) is 0 Å². The first-order valence-electron chi connectivity index (χ1n) is 6.15. The molecule has 0 fully saturated rings. The summed E-state index contributed by atoms with van der Waals surface area (Å²) in [6.45, 7) is 0.601. The lowest BCUT2D eigenvalue weighted by atomic mass is 10.1. The largest absolute Gasteiger partial charge is 0.382 e. The Balaban J connectivity index is 1.75. The number of nitrogens with two attached hydrogens (primary N) is 1. The summed E-state index contributed by atoms with van der Waals surface area (Å²) >= 11 is 0. The molecule has 1 aromatic heterocycles. The van der Waals surface area contributed by atoms with Gasteiger partial charge in [-0.2, -0.15) is 0 Å². The van der Waals surface area contributed by atoms with E-state index in [1.165, 1.54) is 18.0 Å². The van der Waals surface area contributed by atoms with Gasteiger partial charge < -0.3 is 11.1 Å². The first kappa shape index (κ1) is 13.0. The van der Waals surface area contributed by atoms with Crippen molar-refractivity contribution in [2.75, 3.05) is 12.3 Å². The van der Waals surface area contributed by atoms with E-state index in [4.69, 9.17) is 5.73 Å². The van der Waals surface area contributed by atoms with E-state index in [0.717, 1.165) is 12.8 Å². The zero-order valence-corrected chi connectivity index (χ0v) is 10.5. The van der Waals surface area contributed by atoms with Crippen LogP contribution in [0.15, 0.2) is 42.7 Å². The molecule has 1 amide bonds. The van der Waals surface area contributed by atoms with Crippen LogP contribution in [0.25, 0.3) is 0 Å². The van der Waals surface area contributed by atoms with E-state index in [1.54, 1.807) is 0 Å². The number of aromatic nitrogens is 2. The third kappa shape index (κ3) is 4.06. The van der Waals surface area contributed by atoms with Crippen molar-refractivity contribution in [3.63, 3.8) is 0 Å². The highest BCUT2D eigenvalue weighted by Crippen LogP contribution is 2.02. The Hall–Kier alpha value is -2.43. The predicted octanol–water partition coefficient (Wildman–Crippen LogP) is 1.42. The van der Waals surface area contributed by atoms with Crippen molar-refractivity contribution in [2.45, 2.75) is 12.8 Å². The third-order valence-corrected chi connectivity index (χ3v) is 2.66. The molecule has 1 heterocycles. The van der Waals surface area contributed by atoms with Gasteiger partial charge in [0.1, 0.15) is 11.5 Å². The number of rotatable bonds is 5. The van der Waals surface area contributed by atoms with Crippen LogP contribution in [0.3, 0.4) is 0 Å². The van der Waals surface area contributed by atoms with Crippen molar-refractivity contribution < 1.29 is 4.79 Å². The zero-order chi connectivity index (χ0) is 13.5. The Kier molecular flexibility index (Phi) is 4.44. The lowest BCUT2D eigenvalue weighted by Gasteiger charge is -2.05. The molecule has 0 atom stereocenters. The van der Waals surface area contributed by atoms with Gasteiger partial charge in [0, 0.05) is 6.54 Å². The first-order chi connectivity index (χ1) is 9.25. The highest BCUT2D eigenvalue weighted by molar-refractivity contribution is 5.92. The molecule has 0 spiro atoms. The fraction of sp³-hybridized carbons (Fsp3) is 0.214. The van der Waals surface area contributed by atoms with Crippen LogP contribution in [0.1, 0.15) is 22.5 Å². The Morgan fingerprint density at radius 1 is 1.21 bits per heavy atom. The maximum Gasteiger partial charge on any atom is 0.271 e. The molecule has 2 aromatic rings. The molecule has 0 radical (unpaired) electrons. The van der Waals surface area contributed by atoms with E-state index in [9.17, 15) is 4.79 Å². The molecule has 19 heavy (non-hydrogen) atoms. The second-order valence-electron chi connectivity index (χ2n) is 4.17. The summed E-state index contributed by atoms with van der Waals surface area (Å²) < 4.78 is 0. The van der Waals surface area contributed by atoms with E-state index >= 15 is 0 Å². The number of carbonyl (C=O) groups excluding carboxylic acids is 1. The maximum absolute atomic E-state index is 11.7. The fourth-order valence-corrected chi connectivity index (χ4v) is 1.72. The molecule has 3 N–H and O–H groups in total. The molecule has 0 aliphatic heterocycles. The second kappa shape index (κ2) is 6.49. The SMILES string of the molecule is Nc1cncc(C(=O)NCCCc2ccccc2)n1. The number of amides is 1. The van der Waals surface area contributed by atoms with E-state index in [2.05, 4.69) is 27.4 Å². The number of benzene rings is 1. The summed E-state index contributed by atoms with van der Waals surface area (Å²) in [4.78, 5) is 19.5. The molecule has 0 aliphatic carbocycles. The van der Waals surface area contributed by atoms with Crippen molar-refractivity contribution in [1.29, 1.82) is 0 Å². The van der Waals surface area contributed by atoms with Gasteiger partial charge in [0.15, 0.2) is 0 Å². The molecule has 2 rings (SSSR count). The van der Waals surface area contributed by atoms with Crippen LogP contribution in [-0.2, 0) is 6.42 Å². The minimum Gasteiger partial charge on any atom is -0.382 e. The minimum atomic E-state index is -0.243. The van der Waals surface area contributed by atoms with E-state index < -0.39 is 0 Å². The second-order valence-corrected chi connectivity index (χ2v) is 4.17. The van der Waals surface area contributed by atoms with Gasteiger partial charge in [0.05, 0.1) is 12.4 Å². The minimum absolute atomic E-state index is 0.243. The quantitative estimate of drug-likeness (QED) is 0.793. The molecule has 98 valence electrons. The molecule has 0 saturated carbocycles. The average Bonchev–Trinajstić information content (AvgIpc) is 2.44. The molecular formula is C14H16N4O. The number of hydrogen-bond donors (Lipinski definition) is 2. The monoisotopic (exact) mass is 256 g/mol. The average molecular weight is 256 g/mol. The van der Waals surface area contributed by atoms with Crippen molar-refractivity contribution in [3.8, 4) is 0 Å². The van der Waals surface area contributed by atoms with Gasteiger partial charge in [0.2, 0.25) is 0 Å². The van der Waals surface area contributed by atoms with Crippen molar-refractivity contribution in [2.24, 2.45) is 0 Å². The van der Waals surface area contributed by atoms with Crippen molar-refractivity contribution >= 4 is 11.7 Å². The van der Waals surface area contributed by atoms with Crippen LogP contribution in [0.5, 0.6) is 0 Å². The Morgan fingerprint density at radius 2 is 2.00 bits per heavy atom. The summed E-state index contributed by atoms with van der Waals surface area (Å²) in [6.07, 6.45) is 4.63. The smallest absolute Gasteiger partial charge is 0.271 e. The van der Waals surface area contributed by atoms with E-state index in [-0.39, 0.29) is 17.4 Å². The summed E-state index contributed by atoms with van der Waals surface area (Å²) in [5.74, 6) is 0.00444. The molecule has 0 saturated heterocycles. The number of nitrogens with zero attached hydrogens (tertiary/aromatic N) is 2. The Bertz CT molecular complexity index is 542. The van der Waals surface area contributed by atoms with Gasteiger partial charge in [-0.1, -0.05) is 30.3 Å². The normalized spacial score (nSPS) is 10.1. The topological polar surface area (TPSA) is 80.9 Å². The first-order valence-corrected chi connectivity index (χ1v) is 6.15. The van der Waals surface area contributed by atoms with Crippen LogP contribution in [0.4, 0.5) is 5.82 Å². The predicted molar refractivity (Wildman–Crippen MR) is 73.5 cm³/mol. The van der Waals surface area contributed by atoms with Crippen molar-refractivity contribution in [3.05, 3.63) is 54.0 Å². The third-order valence-electron chi connectivity index (χ3n) is 2.66. The van der Waals surface area contributed by atoms with Crippen molar-refractivity contribution in [1.82, 2.24) is 15.3 Å². The zero-order valence-electron chi connectivity index (χ0n) is 10.5. The summed E-state index contributed by atoms with van der Waals surface area (Å²) in [5, 5.41) is 2.80. The van der Waals surface area contributed by atoms with Crippen LogP contribution in [0, 0.1) is 0 Å². The van der Waals surface area contributed by atoms with Gasteiger partial charge in [0.25, 0.3) is 5.91 Å². The Morgan fingerprint density at radius 3 is 2.74 bits per heavy atom. The van der Waals surface area contributed by atoms with E-state index in [1.807, 2.05) is 18.2 Å². The maximum atomic E-state index is 11.7. The molecular weight excluding hydrogens is 240 g/mol. The van der Waals surface area contributed by atoms with Crippen LogP contribution in [0.2, 0.25) is 0 Å². The van der Waals surface area contributed by atoms with Gasteiger partial charge >= 0.3 is 0 Å². The lowest BCUT2D eigenvalue weighted by Crippen LogP contribution is -2.26. The Labute approximate surface area is 111 Å². The molecule has 5 heteroatoms. The van der Waals surface area contributed by atoms with Crippen LogP contribution < -0.4 is 11.1 Å². The molecule has 1 aromatic carbocycles. The van der Waals surface area contributed by atoms with E-state index in [0.29, 0.717) is 6.54 Å². The summed E-state index contributed by atoms with van der Waals surface area (Å²) in [7, 11) is 0. The number of hydrogen-bond acceptors (Lipinski definition) is 4. The van der Waals surface area contributed by atoms with Crippen LogP contribution in [-0.4, -0.2) is 22.4 Å². The van der Waals surface area contributed by atoms with Gasteiger partial charge in [-0.3, -0.25) is 9.78 Å². The van der Waals surface area contributed by atoms with Crippen LogP contribution >= 0.6 is 0 Å². The summed E-state index contributed by atoms with van der Waals surface area (Å²) in [6, 6.07) is 10.2. The molecule has 5 nitrogen and oxygen atoms in total. The molecule has 0 aliphatic rings. The number of anilines is 1. The summed E-state index contributed by atoms with van der Waals surface area (Å²) in [5.41, 5.74) is 6.99. The number of aryl methyl sites for hydroxylation is 1. The standard InChI is InChI=1S/C14H16N4O/c15-13-10-16-9-12(18-13)14(19)17-8-4-7-11-5-2-1-3-6-11/h1-3,5-6,9-10H,4,7-8H2,(H2,15,18)(H,17,19). The highest BCUT2D eigenvalue weighted by atomic mass is 16.1.